The van der Waals surface area contributed by atoms with Gasteiger partial charge < -0.3 is 15.9 Å². The molecule has 2 rings (SSSR count). The van der Waals surface area contributed by atoms with Crippen LogP contribution in [0.3, 0.4) is 0 Å². The summed E-state index contributed by atoms with van der Waals surface area (Å²) in [6, 6.07) is 5.30. The number of rotatable bonds is 0. The molecule has 72 valence electrons. The minimum atomic E-state index is -0.591. The molecule has 0 saturated heterocycles. The fourth-order valence-corrected chi connectivity index (χ4v) is 1.52. The number of anilines is 2. The Hall–Kier alpha value is -1.54. The number of nitrogens with two attached hydrogens (primary N) is 2. The highest BCUT2D eigenvalue weighted by atomic mass is 31.0. The van der Waals surface area contributed by atoms with Gasteiger partial charge in [0.1, 0.15) is 11.3 Å². The fraction of sp³-hybridized carbons (Fsp3) is 0. The molecule has 4 N–H and O–H groups in total. The highest BCUT2D eigenvalue weighted by Gasteiger charge is 2.08. The molecular weight excluding hydrogens is 199 g/mol. The van der Waals surface area contributed by atoms with E-state index in [0.29, 0.717) is 11.0 Å². The first-order chi connectivity index (χ1) is 6.59. The van der Waals surface area contributed by atoms with Crippen LogP contribution in [-0.2, 0) is 0 Å². The van der Waals surface area contributed by atoms with Crippen LogP contribution in [0.1, 0.15) is 0 Å². The van der Waals surface area contributed by atoms with E-state index in [-0.39, 0.29) is 11.4 Å². The van der Waals surface area contributed by atoms with Crippen molar-refractivity contribution in [3.63, 3.8) is 0 Å². The van der Waals surface area contributed by atoms with Crippen LogP contribution in [0.5, 0.6) is 0 Å². The van der Waals surface area contributed by atoms with Gasteiger partial charge in [0.15, 0.2) is 0 Å². The largest absolute Gasteiger partial charge is 0.421 e. The second-order valence-electron chi connectivity index (χ2n) is 2.97. The summed E-state index contributed by atoms with van der Waals surface area (Å²) in [6.07, 6.45) is 0. The zero-order valence-corrected chi connectivity index (χ0v) is 8.44. The summed E-state index contributed by atoms with van der Waals surface area (Å²) in [5.74, 6) is 0. The summed E-state index contributed by atoms with van der Waals surface area (Å²) in [5, 5.41) is 1.62. The van der Waals surface area contributed by atoms with Crippen molar-refractivity contribution in [2.45, 2.75) is 0 Å². The molecule has 14 heavy (non-hydrogen) atoms. The molecule has 5 heteroatoms. The average molecular weight is 208 g/mol. The lowest BCUT2D eigenvalue weighted by atomic mass is 10.2. The molecule has 0 bridgehead atoms. The molecule has 2 aromatic rings. The Morgan fingerprint density at radius 2 is 1.93 bits per heavy atom. The van der Waals surface area contributed by atoms with Crippen LogP contribution < -0.4 is 22.4 Å². The van der Waals surface area contributed by atoms with Crippen LogP contribution >= 0.6 is 9.24 Å². The van der Waals surface area contributed by atoms with Gasteiger partial charge in [0.2, 0.25) is 0 Å². The van der Waals surface area contributed by atoms with Crippen LogP contribution in [0, 0.1) is 0 Å². The summed E-state index contributed by atoms with van der Waals surface area (Å²) >= 11 is 0. The number of benzene rings is 1. The molecule has 0 fully saturated rings. The molecule has 1 unspecified atom stereocenters. The zero-order chi connectivity index (χ0) is 10.3. The van der Waals surface area contributed by atoms with E-state index < -0.39 is 5.63 Å². The van der Waals surface area contributed by atoms with Crippen molar-refractivity contribution in [2.24, 2.45) is 0 Å². The van der Waals surface area contributed by atoms with Crippen molar-refractivity contribution in [3.8, 4) is 0 Å². The van der Waals surface area contributed by atoms with E-state index in [1.54, 1.807) is 12.1 Å². The number of nitrogen functional groups attached to an aromatic ring is 2. The maximum absolute atomic E-state index is 11.2. The molecule has 0 aliphatic heterocycles. The van der Waals surface area contributed by atoms with Gasteiger partial charge in [-0.05, 0) is 17.4 Å². The molecule has 0 aliphatic rings. The van der Waals surface area contributed by atoms with Crippen LogP contribution in [-0.4, -0.2) is 0 Å². The molecule has 0 aliphatic carbocycles. The van der Waals surface area contributed by atoms with Crippen LogP contribution in [0.4, 0.5) is 11.4 Å². The fourth-order valence-electron chi connectivity index (χ4n) is 1.26. The molecule has 0 spiro atoms. The second-order valence-corrected chi connectivity index (χ2v) is 3.64. The van der Waals surface area contributed by atoms with Crippen LogP contribution in [0.25, 0.3) is 11.0 Å². The van der Waals surface area contributed by atoms with Crippen molar-refractivity contribution >= 4 is 36.9 Å². The van der Waals surface area contributed by atoms with Crippen molar-refractivity contribution < 1.29 is 4.42 Å². The third kappa shape index (κ3) is 1.24. The third-order valence-corrected chi connectivity index (χ3v) is 2.37. The first-order valence-corrected chi connectivity index (χ1v) is 4.54. The highest BCUT2D eigenvalue weighted by Crippen LogP contribution is 2.22. The Morgan fingerprint density at radius 1 is 1.21 bits per heavy atom. The Morgan fingerprint density at radius 3 is 2.64 bits per heavy atom. The van der Waals surface area contributed by atoms with E-state index >= 15 is 0 Å². The topological polar surface area (TPSA) is 82.2 Å². The molecular formula is C9H9N2O2P. The van der Waals surface area contributed by atoms with Gasteiger partial charge in [-0.2, -0.15) is 0 Å². The Balaban J connectivity index is 2.99. The van der Waals surface area contributed by atoms with Gasteiger partial charge in [-0.15, -0.1) is 9.24 Å². The van der Waals surface area contributed by atoms with Crippen LogP contribution in [0.15, 0.2) is 27.4 Å². The predicted octanol–water partition coefficient (Wildman–Crippen LogP) is 0.458. The van der Waals surface area contributed by atoms with E-state index in [1.165, 1.54) is 0 Å². The van der Waals surface area contributed by atoms with Gasteiger partial charge in [-0.3, -0.25) is 0 Å². The van der Waals surface area contributed by atoms with Gasteiger partial charge in [0, 0.05) is 5.39 Å². The molecule has 0 saturated carbocycles. The van der Waals surface area contributed by atoms with Gasteiger partial charge in [-0.1, -0.05) is 6.07 Å². The van der Waals surface area contributed by atoms with E-state index in [1.807, 2.05) is 6.07 Å². The average Bonchev–Trinajstić information content (AvgIpc) is 2.16. The van der Waals surface area contributed by atoms with Gasteiger partial charge in [-0.25, -0.2) is 4.79 Å². The van der Waals surface area contributed by atoms with Crippen molar-refractivity contribution in [2.75, 3.05) is 11.5 Å². The van der Waals surface area contributed by atoms with Crippen molar-refractivity contribution in [3.05, 3.63) is 28.6 Å². The smallest absolute Gasteiger partial charge is 0.361 e. The first kappa shape index (κ1) is 9.03. The van der Waals surface area contributed by atoms with Gasteiger partial charge in [0.05, 0.1) is 5.69 Å². The van der Waals surface area contributed by atoms with Crippen molar-refractivity contribution in [1.29, 1.82) is 0 Å². The molecule has 1 heterocycles. The third-order valence-electron chi connectivity index (χ3n) is 2.01. The summed E-state index contributed by atoms with van der Waals surface area (Å²) in [7, 11) is 2.54. The standard InChI is InChI=1S/C9H9N2O2P/c10-7-5-3-4(14)1-2-6(5)13-9(12)8(7)11/h1-3H,10-11,14H2. The van der Waals surface area contributed by atoms with Crippen LogP contribution in [0.2, 0.25) is 0 Å². The summed E-state index contributed by atoms with van der Waals surface area (Å²) in [6.45, 7) is 0. The minimum Gasteiger partial charge on any atom is -0.421 e. The highest BCUT2D eigenvalue weighted by molar-refractivity contribution is 7.27. The SMILES string of the molecule is Nc1c(N)c2cc(P)ccc2oc1=O. The van der Waals surface area contributed by atoms with Gasteiger partial charge in [0.25, 0.3) is 0 Å². The maximum atomic E-state index is 11.2. The summed E-state index contributed by atoms with van der Waals surface area (Å²) in [5.41, 5.74) is 11.3. The normalized spacial score (nSPS) is 10.6. The molecule has 1 aromatic heterocycles. The summed E-state index contributed by atoms with van der Waals surface area (Å²) < 4.78 is 4.96. The lowest BCUT2D eigenvalue weighted by Crippen LogP contribution is -2.10. The van der Waals surface area contributed by atoms with Gasteiger partial charge >= 0.3 is 5.63 Å². The van der Waals surface area contributed by atoms with E-state index in [0.717, 1.165) is 5.30 Å². The monoisotopic (exact) mass is 208 g/mol. The second kappa shape index (κ2) is 3.00. The molecule has 1 atom stereocenters. The summed E-state index contributed by atoms with van der Waals surface area (Å²) in [4.78, 5) is 11.2. The van der Waals surface area contributed by atoms with E-state index in [9.17, 15) is 4.79 Å². The lowest BCUT2D eigenvalue weighted by molar-refractivity contribution is 0.565. The Kier molecular flexibility index (Phi) is 1.93. The number of hydrogen-bond acceptors (Lipinski definition) is 4. The molecule has 0 radical (unpaired) electrons. The molecule has 4 nitrogen and oxygen atoms in total. The number of hydrogen-bond donors (Lipinski definition) is 2. The van der Waals surface area contributed by atoms with E-state index in [2.05, 4.69) is 9.24 Å². The van der Waals surface area contributed by atoms with E-state index in [4.69, 9.17) is 15.9 Å². The first-order valence-electron chi connectivity index (χ1n) is 3.97. The predicted molar refractivity (Wildman–Crippen MR) is 60.7 cm³/mol. The van der Waals surface area contributed by atoms with Crippen molar-refractivity contribution in [1.82, 2.24) is 0 Å². The zero-order valence-electron chi connectivity index (χ0n) is 7.28. The quantitative estimate of drug-likeness (QED) is 0.486. The molecule has 0 amide bonds. The number of fused-ring (bicyclic) bond motifs is 1. The Bertz CT molecular complexity index is 562. The molecule has 1 aromatic carbocycles. The Labute approximate surface area is 82.1 Å². The lowest BCUT2D eigenvalue weighted by Gasteiger charge is -2.03. The maximum Gasteiger partial charge on any atom is 0.361 e. The minimum absolute atomic E-state index is 0.0342.